The van der Waals surface area contributed by atoms with Crippen molar-refractivity contribution in [1.82, 2.24) is 4.31 Å². The fourth-order valence-corrected chi connectivity index (χ4v) is 4.36. The van der Waals surface area contributed by atoms with Crippen LogP contribution in [0.4, 0.5) is 0 Å². The monoisotopic (exact) mass is 298 g/mol. The van der Waals surface area contributed by atoms with Gasteiger partial charge in [0.05, 0.1) is 12.0 Å². The van der Waals surface area contributed by atoms with Gasteiger partial charge < -0.3 is 10.5 Å². The largest absolute Gasteiger partial charge is 0.497 e. The molecule has 1 aromatic rings. The van der Waals surface area contributed by atoms with E-state index in [4.69, 9.17) is 10.5 Å². The molecule has 2 unspecified atom stereocenters. The van der Waals surface area contributed by atoms with Crippen LogP contribution in [0.15, 0.2) is 29.2 Å². The van der Waals surface area contributed by atoms with Crippen LogP contribution >= 0.6 is 0 Å². The summed E-state index contributed by atoms with van der Waals surface area (Å²) in [6, 6.07) is 6.57. The summed E-state index contributed by atoms with van der Waals surface area (Å²) in [4.78, 5) is 0.266. The molecule has 0 heterocycles. The van der Waals surface area contributed by atoms with Gasteiger partial charge in [-0.3, -0.25) is 0 Å². The summed E-state index contributed by atoms with van der Waals surface area (Å²) in [5, 5.41) is 0. The summed E-state index contributed by atoms with van der Waals surface area (Å²) in [6.45, 7) is 0.530. The van der Waals surface area contributed by atoms with Gasteiger partial charge in [0.15, 0.2) is 0 Å². The number of nitrogens with zero attached hydrogens (tertiary/aromatic N) is 1. The van der Waals surface area contributed by atoms with Gasteiger partial charge in [0, 0.05) is 19.2 Å². The maximum atomic E-state index is 12.7. The van der Waals surface area contributed by atoms with E-state index < -0.39 is 10.0 Å². The predicted octanol–water partition coefficient (Wildman–Crippen LogP) is 1.44. The second-order valence-electron chi connectivity index (χ2n) is 5.19. The highest BCUT2D eigenvalue weighted by molar-refractivity contribution is 7.89. The summed E-state index contributed by atoms with van der Waals surface area (Å²) in [5.41, 5.74) is 5.75. The topological polar surface area (TPSA) is 72.6 Å². The molecular formula is C14H22N2O3S. The highest BCUT2D eigenvalue weighted by Crippen LogP contribution is 2.32. The first-order valence-electron chi connectivity index (χ1n) is 6.83. The van der Waals surface area contributed by atoms with Crippen molar-refractivity contribution in [3.63, 3.8) is 0 Å². The van der Waals surface area contributed by atoms with Crippen LogP contribution in [0.5, 0.6) is 5.75 Å². The molecule has 5 nitrogen and oxygen atoms in total. The normalized spacial score (nSPS) is 23.2. The second-order valence-corrected chi connectivity index (χ2v) is 7.19. The van der Waals surface area contributed by atoms with E-state index in [0.29, 0.717) is 12.3 Å². The molecule has 2 atom stereocenters. The molecule has 2 N–H and O–H groups in total. The zero-order valence-corrected chi connectivity index (χ0v) is 12.8. The Kier molecular flexibility index (Phi) is 4.67. The zero-order chi connectivity index (χ0) is 14.8. The van der Waals surface area contributed by atoms with Crippen LogP contribution in [0.25, 0.3) is 0 Å². The van der Waals surface area contributed by atoms with Crippen LogP contribution in [0.1, 0.15) is 19.3 Å². The molecule has 1 aliphatic rings. The summed E-state index contributed by atoms with van der Waals surface area (Å²) >= 11 is 0. The molecule has 1 fully saturated rings. The summed E-state index contributed by atoms with van der Waals surface area (Å²) in [6.07, 6.45) is 2.91. The first-order chi connectivity index (χ1) is 9.50. The smallest absolute Gasteiger partial charge is 0.243 e. The fourth-order valence-electron chi connectivity index (χ4n) is 2.88. The Balaban J connectivity index is 2.29. The molecule has 0 aliphatic heterocycles. The van der Waals surface area contributed by atoms with Gasteiger partial charge in [-0.15, -0.1) is 0 Å². The van der Waals surface area contributed by atoms with Crippen molar-refractivity contribution in [3.8, 4) is 5.75 Å². The molecule has 0 bridgehead atoms. The highest BCUT2D eigenvalue weighted by Gasteiger charge is 2.35. The van der Waals surface area contributed by atoms with Crippen LogP contribution in [0.2, 0.25) is 0 Å². The van der Waals surface area contributed by atoms with Gasteiger partial charge in [-0.1, -0.05) is 12.5 Å². The molecule has 112 valence electrons. The standard InChI is InChI=1S/C14H22N2O3S/c1-16(14-8-3-5-11(14)10-15)20(17,18)13-7-4-6-12(9-13)19-2/h4,6-7,9,11,14H,3,5,8,10,15H2,1-2H3. The minimum Gasteiger partial charge on any atom is -0.497 e. The van der Waals surface area contributed by atoms with Gasteiger partial charge in [-0.05, 0) is 37.4 Å². The lowest BCUT2D eigenvalue weighted by molar-refractivity contribution is 0.304. The number of nitrogens with two attached hydrogens (primary N) is 1. The fraction of sp³-hybridized carbons (Fsp3) is 0.571. The number of sulfonamides is 1. The molecule has 0 amide bonds. The van der Waals surface area contributed by atoms with Crippen molar-refractivity contribution >= 4 is 10.0 Å². The maximum absolute atomic E-state index is 12.7. The Morgan fingerprint density at radius 2 is 2.15 bits per heavy atom. The van der Waals surface area contributed by atoms with Crippen LogP contribution in [0.3, 0.4) is 0 Å². The Hall–Kier alpha value is -1.11. The van der Waals surface area contributed by atoms with E-state index in [1.165, 1.54) is 11.4 Å². The van der Waals surface area contributed by atoms with Crippen LogP contribution in [-0.2, 0) is 10.0 Å². The molecule has 20 heavy (non-hydrogen) atoms. The third-order valence-electron chi connectivity index (χ3n) is 4.11. The lowest BCUT2D eigenvalue weighted by Gasteiger charge is -2.28. The zero-order valence-electron chi connectivity index (χ0n) is 12.0. The van der Waals surface area contributed by atoms with Gasteiger partial charge in [0.1, 0.15) is 5.75 Å². The van der Waals surface area contributed by atoms with Crippen molar-refractivity contribution in [2.24, 2.45) is 11.7 Å². The Morgan fingerprint density at radius 1 is 1.40 bits per heavy atom. The average Bonchev–Trinajstić information content (AvgIpc) is 2.94. The van der Waals surface area contributed by atoms with E-state index in [9.17, 15) is 8.42 Å². The van der Waals surface area contributed by atoms with E-state index in [1.54, 1.807) is 31.3 Å². The number of rotatable bonds is 5. The van der Waals surface area contributed by atoms with Gasteiger partial charge >= 0.3 is 0 Å². The maximum Gasteiger partial charge on any atom is 0.243 e. The number of methoxy groups -OCH3 is 1. The molecule has 0 saturated heterocycles. The first-order valence-corrected chi connectivity index (χ1v) is 8.27. The Bertz CT molecular complexity index is 559. The van der Waals surface area contributed by atoms with Crippen LogP contribution in [0, 0.1) is 5.92 Å². The Morgan fingerprint density at radius 3 is 2.80 bits per heavy atom. The lowest BCUT2D eigenvalue weighted by Crippen LogP contribution is -2.41. The molecule has 1 aromatic carbocycles. The molecule has 0 spiro atoms. The van der Waals surface area contributed by atoms with Crippen molar-refractivity contribution < 1.29 is 13.2 Å². The number of hydrogen-bond acceptors (Lipinski definition) is 4. The minimum atomic E-state index is -3.50. The molecule has 0 aromatic heterocycles. The van der Waals surface area contributed by atoms with E-state index in [-0.39, 0.29) is 16.9 Å². The van der Waals surface area contributed by atoms with E-state index in [2.05, 4.69) is 0 Å². The SMILES string of the molecule is COc1cccc(S(=O)(=O)N(C)C2CCCC2CN)c1. The first kappa shape index (κ1) is 15.3. The second kappa shape index (κ2) is 6.11. The molecular weight excluding hydrogens is 276 g/mol. The molecule has 0 radical (unpaired) electrons. The van der Waals surface area contributed by atoms with E-state index in [1.807, 2.05) is 0 Å². The average molecular weight is 298 g/mol. The van der Waals surface area contributed by atoms with Gasteiger partial charge in [-0.2, -0.15) is 4.31 Å². The van der Waals surface area contributed by atoms with Gasteiger partial charge in [0.25, 0.3) is 0 Å². The third-order valence-corrected chi connectivity index (χ3v) is 5.99. The number of hydrogen-bond donors (Lipinski definition) is 1. The molecule has 1 aliphatic carbocycles. The lowest BCUT2D eigenvalue weighted by atomic mass is 10.0. The van der Waals surface area contributed by atoms with E-state index >= 15 is 0 Å². The van der Waals surface area contributed by atoms with Crippen molar-refractivity contribution in [3.05, 3.63) is 24.3 Å². The van der Waals surface area contributed by atoms with Crippen molar-refractivity contribution in [2.45, 2.75) is 30.2 Å². The summed E-state index contributed by atoms with van der Waals surface area (Å²) in [7, 11) is -0.329. The molecule has 1 saturated carbocycles. The van der Waals surface area contributed by atoms with Crippen molar-refractivity contribution in [1.29, 1.82) is 0 Å². The van der Waals surface area contributed by atoms with Gasteiger partial charge in [-0.25, -0.2) is 8.42 Å². The number of ether oxygens (including phenoxy) is 1. The quantitative estimate of drug-likeness (QED) is 0.893. The number of benzene rings is 1. The third kappa shape index (κ3) is 2.82. The van der Waals surface area contributed by atoms with Crippen LogP contribution < -0.4 is 10.5 Å². The van der Waals surface area contributed by atoms with E-state index in [0.717, 1.165) is 19.3 Å². The summed E-state index contributed by atoms with van der Waals surface area (Å²) in [5.74, 6) is 0.793. The van der Waals surface area contributed by atoms with Crippen molar-refractivity contribution in [2.75, 3.05) is 20.7 Å². The summed E-state index contributed by atoms with van der Waals surface area (Å²) < 4.78 is 31.9. The minimum absolute atomic E-state index is 0.00352. The van der Waals surface area contributed by atoms with Gasteiger partial charge in [0.2, 0.25) is 10.0 Å². The molecule has 6 heteroatoms. The Labute approximate surface area is 120 Å². The predicted molar refractivity (Wildman–Crippen MR) is 78.1 cm³/mol. The van der Waals surface area contributed by atoms with Crippen LogP contribution in [-0.4, -0.2) is 39.5 Å². The molecule has 2 rings (SSSR count). The highest BCUT2D eigenvalue weighted by atomic mass is 32.2.